The molecule has 0 saturated heterocycles. The lowest BCUT2D eigenvalue weighted by atomic mass is 9.99. The van der Waals surface area contributed by atoms with Gasteiger partial charge in [-0.3, -0.25) is 37.3 Å². The van der Waals surface area contributed by atoms with Gasteiger partial charge in [0.25, 0.3) is 0 Å². The molecular weight excluding hydrogens is 1310 g/mol. The molecule has 0 amide bonds. The van der Waals surface area contributed by atoms with E-state index in [2.05, 4.69) is 48.5 Å². The normalized spacial score (nSPS) is 14.2. The fourth-order valence-electron chi connectivity index (χ4n) is 12.5. The second-order valence-corrected chi connectivity index (χ2v) is 33.3. The summed E-state index contributed by atoms with van der Waals surface area (Å²) in [6.45, 7) is 12.0. The van der Waals surface area contributed by atoms with Crippen LogP contribution in [0.1, 0.15) is 421 Å². The number of ether oxygens (including phenoxy) is 4. The third-order valence-electron chi connectivity index (χ3n) is 19.2. The van der Waals surface area contributed by atoms with E-state index >= 15 is 0 Å². The number of esters is 4. The Morgan fingerprint density at radius 1 is 0.290 bits per heavy atom. The van der Waals surface area contributed by atoms with Gasteiger partial charge in [-0.25, -0.2) is 9.13 Å². The van der Waals surface area contributed by atoms with E-state index < -0.39 is 97.5 Å². The monoisotopic (exact) mass is 1470 g/mol. The molecule has 3 unspecified atom stereocenters. The summed E-state index contributed by atoms with van der Waals surface area (Å²) >= 11 is 0. The highest BCUT2D eigenvalue weighted by Gasteiger charge is 2.30. The second kappa shape index (κ2) is 71.3. The van der Waals surface area contributed by atoms with E-state index in [0.29, 0.717) is 25.7 Å². The maximum Gasteiger partial charge on any atom is 0.472 e. The van der Waals surface area contributed by atoms with Crippen LogP contribution in [-0.4, -0.2) is 96.7 Å². The third-order valence-corrected chi connectivity index (χ3v) is 21.1. The molecule has 0 bridgehead atoms. The van der Waals surface area contributed by atoms with Crippen LogP contribution >= 0.6 is 15.6 Å². The summed E-state index contributed by atoms with van der Waals surface area (Å²) in [6, 6.07) is 0. The summed E-state index contributed by atoms with van der Waals surface area (Å²) in [4.78, 5) is 73.0. The van der Waals surface area contributed by atoms with Gasteiger partial charge in [0.2, 0.25) is 0 Å². The number of phosphoric acid groups is 2. The summed E-state index contributed by atoms with van der Waals surface area (Å²) in [5, 5.41) is 10.6. The molecule has 0 fully saturated rings. The average Bonchev–Trinajstić information content (AvgIpc) is 0.935. The van der Waals surface area contributed by atoms with Gasteiger partial charge >= 0.3 is 39.5 Å². The van der Waals surface area contributed by atoms with Gasteiger partial charge in [-0.05, 0) is 43.4 Å². The molecule has 0 radical (unpaired) electrons. The molecular formula is C81H158O17P2. The van der Waals surface area contributed by atoms with E-state index in [0.717, 1.165) is 108 Å². The zero-order valence-corrected chi connectivity index (χ0v) is 67.5. The average molecular weight is 1470 g/mol. The Labute approximate surface area is 613 Å². The standard InChI is InChI=1S/C81H158O17P2/c1-8-10-11-12-13-14-15-22-26-35-43-50-57-64-80(85)98-77(69-92-79(84)63-56-49-42-37-30-32-39-46-53-60-73(5)6)71-96-100(89,90)94-67-75(82)66-93-99(87,88)95-70-76(68-91-78(83)62-55-48-41-34-29-28-33-40-47-54-61-74(7)9-2)97-81(86)65-58-51-44-36-27-24-21-19-17-16-18-20-23-25-31-38-45-52-59-72(3)4/h72-77,82H,8-71H2,1-7H3,(H,87,88)(H,89,90)/t74?,75-,76-,77-/m1/s1. The molecule has 0 saturated carbocycles. The number of phosphoric ester groups is 2. The summed E-state index contributed by atoms with van der Waals surface area (Å²) in [6.07, 6.45) is 59.6. The third kappa shape index (κ3) is 73.0. The summed E-state index contributed by atoms with van der Waals surface area (Å²) in [7, 11) is -9.92. The smallest absolute Gasteiger partial charge is 0.462 e. The van der Waals surface area contributed by atoms with Gasteiger partial charge in [0, 0.05) is 25.7 Å². The van der Waals surface area contributed by atoms with Crippen molar-refractivity contribution in [3.63, 3.8) is 0 Å². The Bertz CT molecular complexity index is 1940. The summed E-state index contributed by atoms with van der Waals surface area (Å²) in [5.74, 6) is 0.264. The van der Waals surface area contributed by atoms with Crippen molar-refractivity contribution in [2.75, 3.05) is 39.6 Å². The maximum absolute atomic E-state index is 13.1. The van der Waals surface area contributed by atoms with Gasteiger partial charge < -0.3 is 33.8 Å². The predicted molar refractivity (Wildman–Crippen MR) is 409 cm³/mol. The Morgan fingerprint density at radius 2 is 0.510 bits per heavy atom. The van der Waals surface area contributed by atoms with Gasteiger partial charge in [-0.15, -0.1) is 0 Å². The zero-order valence-electron chi connectivity index (χ0n) is 65.7. The fourth-order valence-corrected chi connectivity index (χ4v) is 14.0. The molecule has 0 aliphatic rings. The highest BCUT2D eigenvalue weighted by molar-refractivity contribution is 7.47. The quantitative estimate of drug-likeness (QED) is 0.0222. The van der Waals surface area contributed by atoms with Crippen molar-refractivity contribution >= 4 is 39.5 Å². The Morgan fingerprint density at radius 3 is 0.760 bits per heavy atom. The number of aliphatic hydroxyl groups is 1. The SMILES string of the molecule is CCCCCCCCCCCCCCCC(=O)O[C@H](COC(=O)CCCCCCCCCCCC(C)C)COP(=O)(O)OC[C@H](O)COP(=O)(O)OC[C@@H](COC(=O)CCCCCCCCCCCCC(C)CC)OC(=O)CCCCCCCCCCCCCCCCCCCCC(C)C. The molecule has 594 valence electrons. The molecule has 3 N–H and O–H groups in total. The van der Waals surface area contributed by atoms with Gasteiger partial charge in [-0.2, -0.15) is 0 Å². The van der Waals surface area contributed by atoms with Crippen LogP contribution in [0.25, 0.3) is 0 Å². The minimum absolute atomic E-state index is 0.107. The first-order valence-corrected chi connectivity index (χ1v) is 44.9. The van der Waals surface area contributed by atoms with Crippen LogP contribution in [0, 0.1) is 17.8 Å². The van der Waals surface area contributed by atoms with Crippen molar-refractivity contribution in [3.8, 4) is 0 Å². The molecule has 0 spiro atoms. The van der Waals surface area contributed by atoms with Crippen LogP contribution in [0.15, 0.2) is 0 Å². The van der Waals surface area contributed by atoms with E-state index in [9.17, 15) is 43.2 Å². The molecule has 100 heavy (non-hydrogen) atoms. The first-order valence-electron chi connectivity index (χ1n) is 41.9. The molecule has 0 aliphatic carbocycles. The number of unbranched alkanes of at least 4 members (excludes halogenated alkanes) is 46. The topological polar surface area (TPSA) is 237 Å². The van der Waals surface area contributed by atoms with Crippen molar-refractivity contribution in [2.24, 2.45) is 17.8 Å². The van der Waals surface area contributed by atoms with Crippen molar-refractivity contribution in [2.45, 2.75) is 439 Å². The van der Waals surface area contributed by atoms with Gasteiger partial charge in [0.05, 0.1) is 26.4 Å². The Kier molecular flexibility index (Phi) is 69.9. The molecule has 19 heteroatoms. The fraction of sp³-hybridized carbons (Fsp3) is 0.951. The van der Waals surface area contributed by atoms with Crippen LogP contribution in [-0.2, 0) is 65.4 Å². The van der Waals surface area contributed by atoms with Crippen LogP contribution in [0.2, 0.25) is 0 Å². The molecule has 0 rings (SSSR count). The van der Waals surface area contributed by atoms with Crippen molar-refractivity contribution in [1.29, 1.82) is 0 Å². The van der Waals surface area contributed by atoms with Gasteiger partial charge in [-0.1, -0.05) is 370 Å². The summed E-state index contributed by atoms with van der Waals surface area (Å²) in [5.41, 5.74) is 0. The van der Waals surface area contributed by atoms with E-state index in [-0.39, 0.29) is 25.7 Å². The highest BCUT2D eigenvalue weighted by Crippen LogP contribution is 2.45. The van der Waals surface area contributed by atoms with Crippen molar-refractivity contribution in [1.82, 2.24) is 0 Å². The van der Waals surface area contributed by atoms with E-state index in [1.807, 2.05) is 0 Å². The van der Waals surface area contributed by atoms with Crippen LogP contribution in [0.3, 0.4) is 0 Å². The lowest BCUT2D eigenvalue weighted by Gasteiger charge is -2.21. The van der Waals surface area contributed by atoms with Crippen LogP contribution in [0.5, 0.6) is 0 Å². The molecule has 0 heterocycles. The zero-order chi connectivity index (χ0) is 73.7. The van der Waals surface area contributed by atoms with Gasteiger partial charge in [0.15, 0.2) is 12.2 Å². The molecule has 0 aromatic rings. The molecule has 0 aliphatic heterocycles. The van der Waals surface area contributed by atoms with Crippen LogP contribution < -0.4 is 0 Å². The number of aliphatic hydroxyl groups excluding tert-OH is 1. The molecule has 0 aromatic heterocycles. The predicted octanol–water partition coefficient (Wildman–Crippen LogP) is 24.1. The van der Waals surface area contributed by atoms with E-state index in [4.69, 9.17) is 37.0 Å². The number of rotatable bonds is 79. The first-order chi connectivity index (χ1) is 48.3. The minimum atomic E-state index is -4.96. The molecule has 17 nitrogen and oxygen atoms in total. The number of carbonyl (C=O) groups is 4. The van der Waals surface area contributed by atoms with E-state index in [1.165, 1.54) is 231 Å². The molecule has 0 aromatic carbocycles. The number of hydrogen-bond acceptors (Lipinski definition) is 15. The van der Waals surface area contributed by atoms with Crippen molar-refractivity contribution in [3.05, 3.63) is 0 Å². The summed E-state index contributed by atoms with van der Waals surface area (Å²) < 4.78 is 68.7. The lowest BCUT2D eigenvalue weighted by Crippen LogP contribution is -2.30. The van der Waals surface area contributed by atoms with Crippen molar-refractivity contribution < 1.29 is 80.2 Å². The lowest BCUT2D eigenvalue weighted by molar-refractivity contribution is -0.161. The largest absolute Gasteiger partial charge is 0.472 e. The maximum atomic E-state index is 13.1. The van der Waals surface area contributed by atoms with E-state index in [1.54, 1.807) is 0 Å². The molecule has 6 atom stereocenters. The Balaban J connectivity index is 5.24. The van der Waals surface area contributed by atoms with Gasteiger partial charge in [0.1, 0.15) is 19.3 Å². The highest BCUT2D eigenvalue weighted by atomic mass is 31.2. The van der Waals surface area contributed by atoms with Crippen LogP contribution in [0.4, 0.5) is 0 Å². The first kappa shape index (κ1) is 98.1. The second-order valence-electron chi connectivity index (χ2n) is 30.4. The number of carbonyl (C=O) groups excluding carboxylic acids is 4. The number of hydrogen-bond donors (Lipinski definition) is 3. The minimum Gasteiger partial charge on any atom is -0.462 e. The Hall–Kier alpha value is -1.94.